The van der Waals surface area contributed by atoms with E-state index in [4.69, 9.17) is 4.74 Å². The Morgan fingerprint density at radius 3 is 2.80 bits per heavy atom. The second kappa shape index (κ2) is 7.50. The Hall–Kier alpha value is -2.07. The van der Waals surface area contributed by atoms with Crippen molar-refractivity contribution in [2.24, 2.45) is 0 Å². The van der Waals surface area contributed by atoms with Gasteiger partial charge in [-0.15, -0.1) is 6.58 Å². The van der Waals surface area contributed by atoms with Gasteiger partial charge in [-0.2, -0.15) is 11.3 Å². The third kappa shape index (κ3) is 4.24. The number of carbonyl (C=O) groups excluding carboxylic acids is 1. The summed E-state index contributed by atoms with van der Waals surface area (Å²) in [4.78, 5) is 11.8. The fraction of sp³-hybridized carbons (Fsp3) is 0.188. The number of benzene rings is 1. The molecule has 0 spiro atoms. The van der Waals surface area contributed by atoms with Crippen molar-refractivity contribution in [3.8, 4) is 0 Å². The van der Waals surface area contributed by atoms with Gasteiger partial charge >= 0.3 is 6.09 Å². The van der Waals surface area contributed by atoms with Gasteiger partial charge in [0.25, 0.3) is 0 Å². The van der Waals surface area contributed by atoms with Crippen LogP contribution in [0.1, 0.15) is 23.6 Å². The summed E-state index contributed by atoms with van der Waals surface area (Å²) >= 11 is 1.60. The quantitative estimate of drug-likeness (QED) is 0.805. The van der Waals surface area contributed by atoms with Gasteiger partial charge in [0.1, 0.15) is 6.61 Å². The Kier molecular flexibility index (Phi) is 5.38. The zero-order valence-electron chi connectivity index (χ0n) is 11.1. The van der Waals surface area contributed by atoms with E-state index in [1.54, 1.807) is 17.4 Å². The minimum atomic E-state index is -0.410. The summed E-state index contributed by atoms with van der Waals surface area (Å²) in [5.41, 5.74) is 2.05. The van der Waals surface area contributed by atoms with Crippen molar-refractivity contribution in [2.75, 3.05) is 0 Å². The first-order chi connectivity index (χ1) is 9.79. The molecule has 0 saturated carbocycles. The molecule has 1 aromatic heterocycles. The van der Waals surface area contributed by atoms with Crippen LogP contribution in [-0.2, 0) is 11.3 Å². The second-order valence-electron chi connectivity index (χ2n) is 4.34. The first-order valence-corrected chi connectivity index (χ1v) is 7.34. The molecule has 1 aromatic carbocycles. The minimum absolute atomic E-state index is 0.0815. The second-order valence-corrected chi connectivity index (χ2v) is 5.12. The molecule has 0 radical (unpaired) electrons. The highest BCUT2D eigenvalue weighted by Crippen LogP contribution is 2.20. The van der Waals surface area contributed by atoms with Crippen LogP contribution in [-0.4, -0.2) is 6.09 Å². The topological polar surface area (TPSA) is 38.3 Å². The maximum absolute atomic E-state index is 11.8. The van der Waals surface area contributed by atoms with E-state index < -0.39 is 6.09 Å². The lowest BCUT2D eigenvalue weighted by molar-refractivity contribution is 0.135. The lowest BCUT2D eigenvalue weighted by atomic mass is 10.1. The van der Waals surface area contributed by atoms with Gasteiger partial charge in [-0.25, -0.2) is 4.79 Å². The number of ether oxygens (including phenoxy) is 1. The highest BCUT2D eigenvalue weighted by molar-refractivity contribution is 7.07. The maximum Gasteiger partial charge on any atom is 0.407 e. The Morgan fingerprint density at radius 1 is 1.35 bits per heavy atom. The molecule has 20 heavy (non-hydrogen) atoms. The Morgan fingerprint density at radius 2 is 2.15 bits per heavy atom. The molecule has 104 valence electrons. The third-order valence-electron chi connectivity index (χ3n) is 2.85. The summed E-state index contributed by atoms with van der Waals surface area (Å²) in [6.07, 6.45) is 2.06. The van der Waals surface area contributed by atoms with E-state index >= 15 is 0 Å². The van der Waals surface area contributed by atoms with Crippen LogP contribution in [0.25, 0.3) is 0 Å². The van der Waals surface area contributed by atoms with Crippen LogP contribution in [0, 0.1) is 0 Å². The Labute approximate surface area is 122 Å². The molecule has 1 N–H and O–H groups in total. The van der Waals surface area contributed by atoms with Crippen LogP contribution in [0.15, 0.2) is 59.8 Å². The van der Waals surface area contributed by atoms with Crippen LogP contribution in [0.3, 0.4) is 0 Å². The molecule has 1 atom stereocenters. The zero-order chi connectivity index (χ0) is 14.2. The van der Waals surface area contributed by atoms with Crippen LogP contribution in [0.4, 0.5) is 4.79 Å². The number of carbonyl (C=O) groups is 1. The van der Waals surface area contributed by atoms with Gasteiger partial charge in [0.15, 0.2) is 0 Å². The van der Waals surface area contributed by atoms with Crippen molar-refractivity contribution in [1.82, 2.24) is 5.32 Å². The number of alkyl carbamates (subject to hydrolysis) is 1. The van der Waals surface area contributed by atoms with Gasteiger partial charge in [0.2, 0.25) is 0 Å². The van der Waals surface area contributed by atoms with Crippen LogP contribution < -0.4 is 5.32 Å². The summed E-state index contributed by atoms with van der Waals surface area (Å²) in [6, 6.07) is 11.5. The smallest absolute Gasteiger partial charge is 0.407 e. The van der Waals surface area contributed by atoms with E-state index in [1.165, 1.54) is 0 Å². The zero-order valence-corrected chi connectivity index (χ0v) is 11.9. The van der Waals surface area contributed by atoms with Gasteiger partial charge in [0, 0.05) is 0 Å². The van der Waals surface area contributed by atoms with Crippen molar-refractivity contribution < 1.29 is 9.53 Å². The maximum atomic E-state index is 11.8. The van der Waals surface area contributed by atoms with Crippen LogP contribution >= 0.6 is 11.3 Å². The van der Waals surface area contributed by atoms with Crippen LogP contribution in [0.2, 0.25) is 0 Å². The van der Waals surface area contributed by atoms with Crippen molar-refractivity contribution in [1.29, 1.82) is 0 Å². The predicted octanol–water partition coefficient (Wildman–Crippen LogP) is 4.29. The van der Waals surface area contributed by atoms with Crippen molar-refractivity contribution in [3.63, 3.8) is 0 Å². The van der Waals surface area contributed by atoms with E-state index in [-0.39, 0.29) is 12.6 Å². The Balaban J connectivity index is 1.87. The number of nitrogens with one attached hydrogen (secondary N) is 1. The summed E-state index contributed by atoms with van der Waals surface area (Å²) in [7, 11) is 0. The lowest BCUT2D eigenvalue weighted by Crippen LogP contribution is -2.28. The van der Waals surface area contributed by atoms with Gasteiger partial charge in [-0.1, -0.05) is 36.4 Å². The molecule has 1 unspecified atom stereocenters. The summed E-state index contributed by atoms with van der Waals surface area (Å²) in [6.45, 7) is 4.00. The standard InChI is InChI=1S/C16H17NO2S/c1-2-6-15(14-9-10-20-12-14)17-16(18)19-11-13-7-4-3-5-8-13/h2-5,7-10,12,15H,1,6,11H2,(H,17,18). The van der Waals surface area contributed by atoms with E-state index in [9.17, 15) is 4.79 Å². The number of rotatable bonds is 6. The van der Waals surface area contributed by atoms with Gasteiger partial charge in [0.05, 0.1) is 6.04 Å². The molecule has 0 aliphatic rings. The molecule has 4 heteroatoms. The van der Waals surface area contributed by atoms with Crippen LogP contribution in [0.5, 0.6) is 0 Å². The monoisotopic (exact) mass is 287 g/mol. The normalized spacial score (nSPS) is 11.6. The molecule has 2 rings (SSSR count). The minimum Gasteiger partial charge on any atom is -0.445 e. The van der Waals surface area contributed by atoms with Gasteiger partial charge in [-0.05, 0) is 34.4 Å². The number of hydrogen-bond donors (Lipinski definition) is 1. The first kappa shape index (κ1) is 14.3. The molecule has 0 bridgehead atoms. The van der Waals surface area contributed by atoms with E-state index in [1.807, 2.05) is 47.2 Å². The molecule has 2 aromatic rings. The molecule has 0 aliphatic carbocycles. The van der Waals surface area contributed by atoms with E-state index in [2.05, 4.69) is 11.9 Å². The fourth-order valence-corrected chi connectivity index (χ4v) is 2.54. The molecule has 1 amide bonds. The Bertz CT molecular complexity index is 537. The number of thiophene rings is 1. The molecule has 3 nitrogen and oxygen atoms in total. The molecular weight excluding hydrogens is 270 g/mol. The molecule has 0 aliphatic heterocycles. The summed E-state index contributed by atoms with van der Waals surface area (Å²) in [5.74, 6) is 0. The lowest BCUT2D eigenvalue weighted by Gasteiger charge is -2.16. The average Bonchev–Trinajstić information content (AvgIpc) is 3.00. The summed E-state index contributed by atoms with van der Waals surface area (Å²) < 4.78 is 5.22. The van der Waals surface area contributed by atoms with E-state index in [0.717, 1.165) is 11.1 Å². The highest BCUT2D eigenvalue weighted by Gasteiger charge is 2.14. The molecule has 0 saturated heterocycles. The SMILES string of the molecule is C=CCC(NC(=O)OCc1ccccc1)c1ccsc1. The largest absolute Gasteiger partial charge is 0.445 e. The first-order valence-electron chi connectivity index (χ1n) is 6.40. The molecular formula is C16H17NO2S. The fourth-order valence-electron chi connectivity index (χ4n) is 1.83. The molecule has 1 heterocycles. The van der Waals surface area contributed by atoms with Gasteiger partial charge in [-0.3, -0.25) is 0 Å². The molecule has 0 fully saturated rings. The van der Waals surface area contributed by atoms with Crippen molar-refractivity contribution in [3.05, 3.63) is 70.9 Å². The highest BCUT2D eigenvalue weighted by atomic mass is 32.1. The van der Waals surface area contributed by atoms with Crippen molar-refractivity contribution in [2.45, 2.75) is 19.1 Å². The van der Waals surface area contributed by atoms with Gasteiger partial charge < -0.3 is 10.1 Å². The summed E-state index contributed by atoms with van der Waals surface area (Å²) in [5, 5.41) is 6.87. The number of hydrogen-bond acceptors (Lipinski definition) is 3. The van der Waals surface area contributed by atoms with E-state index in [0.29, 0.717) is 6.42 Å². The predicted molar refractivity (Wildman–Crippen MR) is 81.6 cm³/mol. The average molecular weight is 287 g/mol. The van der Waals surface area contributed by atoms with Crippen molar-refractivity contribution >= 4 is 17.4 Å². The third-order valence-corrected chi connectivity index (χ3v) is 3.55. The number of amides is 1.